The number of aryl methyl sites for hydroxylation is 1. The van der Waals surface area contributed by atoms with E-state index in [1.165, 1.54) is 9.13 Å². The fourth-order valence-electron chi connectivity index (χ4n) is 4.70. The third-order valence-electron chi connectivity index (χ3n) is 6.71. The van der Waals surface area contributed by atoms with Crippen molar-refractivity contribution < 1.29 is 14.4 Å². The molecular formula is C23H25N5O4. The first-order valence-electron chi connectivity index (χ1n) is 10.9. The van der Waals surface area contributed by atoms with Crippen LogP contribution < -0.4 is 16.7 Å². The van der Waals surface area contributed by atoms with Gasteiger partial charge in [0.15, 0.2) is 11.8 Å². The van der Waals surface area contributed by atoms with E-state index in [1.54, 1.807) is 25.2 Å². The molecule has 3 aliphatic rings. The summed E-state index contributed by atoms with van der Waals surface area (Å²) >= 11 is 0. The molecule has 0 radical (unpaired) electrons. The number of hydrogen-bond acceptors (Lipinski definition) is 5. The van der Waals surface area contributed by atoms with E-state index in [9.17, 15) is 19.2 Å². The molecule has 3 heterocycles. The van der Waals surface area contributed by atoms with Crippen LogP contribution in [0, 0.1) is 23.7 Å². The summed E-state index contributed by atoms with van der Waals surface area (Å²) in [6.07, 6.45) is 1.76. The molecule has 0 spiro atoms. The molecule has 2 aromatic rings. The highest BCUT2D eigenvalue weighted by molar-refractivity contribution is 6.06. The van der Waals surface area contributed by atoms with Gasteiger partial charge < -0.3 is 16.0 Å². The number of amides is 2. The van der Waals surface area contributed by atoms with Crippen molar-refractivity contribution >= 4 is 28.6 Å². The van der Waals surface area contributed by atoms with Crippen molar-refractivity contribution in [3.63, 3.8) is 0 Å². The molecule has 1 aromatic carbocycles. The molecular weight excluding hydrogens is 410 g/mol. The van der Waals surface area contributed by atoms with Gasteiger partial charge in [0.1, 0.15) is 0 Å². The number of fused-ring (bicyclic) bond motifs is 1. The standard InChI is InChI=1S/C23H25N5O4/c1-26-18-8-13(2-3-14-11-27(12-14)22(31)15-9-16(24)10-15)4-5-17(18)28(23(26)32)20-19(29)6-7-25-21(20)30/h4-5,8,14-16,20H,6-7,9-12,24H2,1H3,(H,25,30). The van der Waals surface area contributed by atoms with Gasteiger partial charge in [0, 0.05) is 50.6 Å². The Morgan fingerprint density at radius 1 is 1.16 bits per heavy atom. The number of likely N-dealkylation sites (tertiary alicyclic amines) is 1. The van der Waals surface area contributed by atoms with E-state index >= 15 is 0 Å². The first-order chi connectivity index (χ1) is 15.3. The maximum atomic E-state index is 12.8. The van der Waals surface area contributed by atoms with Gasteiger partial charge in [-0.2, -0.15) is 0 Å². The third-order valence-corrected chi connectivity index (χ3v) is 6.71. The van der Waals surface area contributed by atoms with Crippen LogP contribution in [0.25, 0.3) is 11.0 Å². The number of piperidine rings is 1. The zero-order valence-electron chi connectivity index (χ0n) is 17.8. The van der Waals surface area contributed by atoms with Gasteiger partial charge in [-0.25, -0.2) is 4.79 Å². The van der Waals surface area contributed by atoms with Gasteiger partial charge >= 0.3 is 5.69 Å². The van der Waals surface area contributed by atoms with Crippen LogP contribution in [0.15, 0.2) is 23.0 Å². The molecule has 1 atom stereocenters. The van der Waals surface area contributed by atoms with Crippen molar-refractivity contribution in [1.82, 2.24) is 19.4 Å². The second kappa shape index (κ2) is 7.64. The number of Topliss-reactive ketones (excluding diaryl/α,β-unsaturated/α-hetero) is 1. The molecule has 2 amide bonds. The number of nitrogens with zero attached hydrogens (tertiary/aromatic N) is 3. The topological polar surface area (TPSA) is 119 Å². The van der Waals surface area contributed by atoms with Gasteiger partial charge in [0.2, 0.25) is 5.91 Å². The van der Waals surface area contributed by atoms with Crippen LogP contribution in [0.4, 0.5) is 0 Å². The van der Waals surface area contributed by atoms with E-state index in [2.05, 4.69) is 17.2 Å². The Labute approximate surface area is 184 Å². The molecule has 5 rings (SSSR count). The number of hydrogen-bond donors (Lipinski definition) is 2. The minimum Gasteiger partial charge on any atom is -0.353 e. The largest absolute Gasteiger partial charge is 0.353 e. The van der Waals surface area contributed by atoms with Gasteiger partial charge in [0.25, 0.3) is 5.91 Å². The average Bonchev–Trinajstić information content (AvgIpc) is 2.95. The zero-order valence-corrected chi connectivity index (χ0v) is 17.8. The SMILES string of the molecule is Cn1c(=O)n(C2C(=O)CCNC2=O)c2ccc(C#CC3CN(C(=O)C4CC(N)C4)C3)cc21. The lowest BCUT2D eigenvalue weighted by Gasteiger charge is -2.42. The Bertz CT molecular complexity index is 1230. The predicted molar refractivity (Wildman–Crippen MR) is 116 cm³/mol. The lowest BCUT2D eigenvalue weighted by atomic mass is 9.79. The number of aromatic nitrogens is 2. The number of imidazole rings is 1. The molecule has 166 valence electrons. The Morgan fingerprint density at radius 3 is 2.59 bits per heavy atom. The first kappa shape index (κ1) is 20.5. The second-order valence-corrected chi connectivity index (χ2v) is 8.96. The summed E-state index contributed by atoms with van der Waals surface area (Å²) in [5, 5.41) is 2.66. The molecule has 9 nitrogen and oxygen atoms in total. The maximum absolute atomic E-state index is 12.8. The van der Waals surface area contributed by atoms with E-state index in [-0.39, 0.29) is 36.0 Å². The summed E-state index contributed by atoms with van der Waals surface area (Å²) in [6.45, 7) is 1.56. The third kappa shape index (κ3) is 3.31. The van der Waals surface area contributed by atoms with Gasteiger partial charge in [0.05, 0.1) is 17.0 Å². The van der Waals surface area contributed by atoms with Crippen LogP contribution in [0.1, 0.15) is 30.9 Å². The summed E-state index contributed by atoms with van der Waals surface area (Å²) in [5.41, 5.74) is 7.23. The molecule has 1 unspecified atom stereocenters. The summed E-state index contributed by atoms with van der Waals surface area (Å²) < 4.78 is 2.70. The van der Waals surface area contributed by atoms with Crippen molar-refractivity contribution in [2.75, 3.05) is 19.6 Å². The van der Waals surface area contributed by atoms with E-state index in [0.29, 0.717) is 30.7 Å². The number of carbonyl (C=O) groups excluding carboxylic acids is 3. The van der Waals surface area contributed by atoms with Crippen LogP contribution in [-0.2, 0) is 21.4 Å². The molecule has 2 aliphatic heterocycles. The normalized spacial score (nSPS) is 25.6. The van der Waals surface area contributed by atoms with Gasteiger partial charge in [-0.15, -0.1) is 0 Å². The van der Waals surface area contributed by atoms with Crippen LogP contribution in [0.3, 0.4) is 0 Å². The molecule has 2 saturated heterocycles. The number of nitrogens with two attached hydrogens (primary N) is 1. The molecule has 3 fully saturated rings. The molecule has 9 heteroatoms. The molecule has 0 bridgehead atoms. The van der Waals surface area contributed by atoms with Crippen molar-refractivity contribution in [1.29, 1.82) is 0 Å². The summed E-state index contributed by atoms with van der Waals surface area (Å²) in [4.78, 5) is 51.6. The number of ketones is 1. The molecule has 3 N–H and O–H groups in total. The smallest absolute Gasteiger partial charge is 0.329 e. The predicted octanol–water partition coefficient (Wildman–Crippen LogP) is -0.483. The quantitative estimate of drug-likeness (QED) is 0.488. The fraction of sp³-hybridized carbons (Fsp3) is 0.478. The van der Waals surface area contributed by atoms with Gasteiger partial charge in [-0.05, 0) is 31.0 Å². The number of carbonyl (C=O) groups is 3. The van der Waals surface area contributed by atoms with Crippen LogP contribution in [0.2, 0.25) is 0 Å². The Balaban J connectivity index is 1.34. The van der Waals surface area contributed by atoms with Crippen LogP contribution in [-0.4, -0.2) is 57.3 Å². The lowest BCUT2D eigenvalue weighted by Crippen LogP contribution is -2.55. The van der Waals surface area contributed by atoms with E-state index < -0.39 is 17.6 Å². The lowest BCUT2D eigenvalue weighted by molar-refractivity contribution is -0.144. The van der Waals surface area contributed by atoms with Crippen LogP contribution >= 0.6 is 0 Å². The minimum absolute atomic E-state index is 0.0739. The second-order valence-electron chi connectivity index (χ2n) is 8.96. The van der Waals surface area contributed by atoms with Gasteiger partial charge in [-0.3, -0.25) is 23.5 Å². The molecule has 1 aliphatic carbocycles. The zero-order chi connectivity index (χ0) is 22.6. The van der Waals surface area contributed by atoms with Crippen molar-refractivity contribution in [3.8, 4) is 11.8 Å². The highest BCUT2D eigenvalue weighted by atomic mass is 16.2. The van der Waals surface area contributed by atoms with E-state index in [1.807, 2.05) is 4.90 Å². The fourth-order valence-corrected chi connectivity index (χ4v) is 4.70. The highest BCUT2D eigenvalue weighted by Crippen LogP contribution is 2.30. The molecule has 32 heavy (non-hydrogen) atoms. The number of rotatable bonds is 2. The van der Waals surface area contributed by atoms with Gasteiger partial charge in [-0.1, -0.05) is 11.8 Å². The van der Waals surface area contributed by atoms with E-state index in [4.69, 9.17) is 5.73 Å². The maximum Gasteiger partial charge on any atom is 0.329 e. The van der Waals surface area contributed by atoms with E-state index in [0.717, 1.165) is 18.4 Å². The minimum atomic E-state index is -1.14. The highest BCUT2D eigenvalue weighted by Gasteiger charge is 2.39. The number of nitrogens with one attached hydrogen (secondary N) is 1. The van der Waals surface area contributed by atoms with Crippen LogP contribution in [0.5, 0.6) is 0 Å². The summed E-state index contributed by atoms with van der Waals surface area (Å²) in [6, 6.07) is 4.33. The Hall–Kier alpha value is -3.38. The molecule has 1 aromatic heterocycles. The number of benzene rings is 1. The summed E-state index contributed by atoms with van der Waals surface area (Å²) in [5.74, 6) is 6.01. The van der Waals surface area contributed by atoms with Crippen molar-refractivity contribution in [2.24, 2.45) is 24.6 Å². The Kier molecular flexibility index (Phi) is 4.90. The summed E-state index contributed by atoms with van der Waals surface area (Å²) in [7, 11) is 1.62. The average molecular weight is 435 g/mol. The van der Waals surface area contributed by atoms with Crippen molar-refractivity contribution in [2.45, 2.75) is 31.3 Å². The van der Waals surface area contributed by atoms with Crippen molar-refractivity contribution in [3.05, 3.63) is 34.2 Å². The monoisotopic (exact) mass is 435 g/mol. The Morgan fingerprint density at radius 2 is 1.91 bits per heavy atom. The first-order valence-corrected chi connectivity index (χ1v) is 10.9. The molecule has 1 saturated carbocycles.